The molecule has 1 heterocycles. The van der Waals surface area contributed by atoms with E-state index in [4.69, 9.17) is 4.74 Å². The predicted octanol–water partition coefficient (Wildman–Crippen LogP) is 4.37. The molecule has 7 heteroatoms. The number of methoxy groups -OCH3 is 1. The number of carbonyl (C=O) groups excluding carboxylic acids is 1. The molecular formula is C19H27FN2O4. The van der Waals surface area contributed by atoms with Crippen molar-refractivity contribution >= 4 is 17.3 Å². The Morgan fingerprint density at radius 2 is 2.19 bits per heavy atom. The number of halogens is 1. The first-order chi connectivity index (χ1) is 12.2. The zero-order chi connectivity index (χ0) is 19.5. The Kier molecular flexibility index (Phi) is 6.21. The smallest absolute Gasteiger partial charge is 0.306 e. The average molecular weight is 366 g/mol. The lowest BCUT2D eigenvalue weighted by Gasteiger charge is -2.33. The topological polar surface area (TPSA) is 72.7 Å². The summed E-state index contributed by atoms with van der Waals surface area (Å²) in [6, 6.07) is 4.63. The van der Waals surface area contributed by atoms with E-state index < -0.39 is 10.6 Å². The number of esters is 1. The molecule has 1 saturated heterocycles. The van der Waals surface area contributed by atoms with Gasteiger partial charge in [-0.25, -0.2) is 4.39 Å². The molecule has 2 atom stereocenters. The van der Waals surface area contributed by atoms with Crippen molar-refractivity contribution in [2.24, 2.45) is 0 Å². The van der Waals surface area contributed by atoms with Crippen LogP contribution in [0, 0.1) is 10.1 Å². The Hall–Kier alpha value is -2.18. The lowest BCUT2D eigenvalue weighted by atomic mass is 9.92. The Labute approximate surface area is 153 Å². The lowest BCUT2D eigenvalue weighted by molar-refractivity contribution is -0.384. The highest BCUT2D eigenvalue weighted by Crippen LogP contribution is 2.40. The summed E-state index contributed by atoms with van der Waals surface area (Å²) in [5.74, 6) is -0.496. The van der Waals surface area contributed by atoms with Crippen LogP contribution >= 0.6 is 0 Å². The van der Waals surface area contributed by atoms with Crippen molar-refractivity contribution in [2.75, 3.05) is 18.6 Å². The number of ether oxygens (including phenoxy) is 1. The molecule has 0 aliphatic carbocycles. The molecule has 1 aromatic rings. The molecule has 26 heavy (non-hydrogen) atoms. The maximum absolute atomic E-state index is 14.5. The molecule has 0 amide bonds. The van der Waals surface area contributed by atoms with Crippen molar-refractivity contribution < 1.29 is 18.8 Å². The van der Waals surface area contributed by atoms with Gasteiger partial charge in [0, 0.05) is 12.6 Å². The SMILES string of the molecule is CCC(CC(=O)OC)c1ccc(N2CCC[C@H]2C(C)(C)F)c([N+](=O)[O-])c1. The zero-order valence-corrected chi connectivity index (χ0v) is 15.8. The molecule has 1 unspecified atom stereocenters. The minimum Gasteiger partial charge on any atom is -0.469 e. The number of carbonyl (C=O) groups is 1. The lowest BCUT2D eigenvalue weighted by Crippen LogP contribution is -2.43. The van der Waals surface area contributed by atoms with Crippen LogP contribution in [0.2, 0.25) is 0 Å². The molecule has 2 rings (SSSR count). The number of rotatable bonds is 7. The van der Waals surface area contributed by atoms with E-state index in [-0.39, 0.29) is 30.0 Å². The minimum absolute atomic E-state index is 0.0398. The van der Waals surface area contributed by atoms with Crippen LogP contribution < -0.4 is 4.90 Å². The number of anilines is 1. The van der Waals surface area contributed by atoms with E-state index in [1.54, 1.807) is 12.1 Å². The van der Waals surface area contributed by atoms with E-state index in [2.05, 4.69) is 0 Å². The van der Waals surface area contributed by atoms with Gasteiger partial charge in [0.1, 0.15) is 11.4 Å². The van der Waals surface area contributed by atoms with Crippen molar-refractivity contribution in [3.05, 3.63) is 33.9 Å². The summed E-state index contributed by atoms with van der Waals surface area (Å²) < 4.78 is 19.3. The molecule has 1 aromatic carbocycles. The van der Waals surface area contributed by atoms with Crippen LogP contribution in [0.5, 0.6) is 0 Å². The highest BCUT2D eigenvalue weighted by atomic mass is 19.1. The second-order valence-electron chi connectivity index (χ2n) is 7.31. The second kappa shape index (κ2) is 8.01. The van der Waals surface area contributed by atoms with Gasteiger partial charge in [-0.05, 0) is 50.7 Å². The van der Waals surface area contributed by atoms with E-state index in [9.17, 15) is 19.3 Å². The predicted molar refractivity (Wildman–Crippen MR) is 98.3 cm³/mol. The standard InChI is InChI=1S/C19H27FN2O4/c1-5-13(12-18(23)26-4)14-8-9-15(16(11-14)22(24)25)21-10-6-7-17(21)19(2,3)20/h8-9,11,13,17H,5-7,10,12H2,1-4H3/t13?,17-/m0/s1. The van der Waals surface area contributed by atoms with Crippen LogP contribution in [0.15, 0.2) is 18.2 Å². The molecule has 6 nitrogen and oxygen atoms in total. The third-order valence-corrected chi connectivity index (χ3v) is 5.16. The number of benzene rings is 1. The van der Waals surface area contributed by atoms with Gasteiger partial charge in [0.05, 0.1) is 24.5 Å². The zero-order valence-electron chi connectivity index (χ0n) is 15.8. The first kappa shape index (κ1) is 20.1. The number of alkyl halides is 1. The van der Waals surface area contributed by atoms with Gasteiger partial charge in [-0.3, -0.25) is 14.9 Å². The number of hydrogen-bond acceptors (Lipinski definition) is 5. The van der Waals surface area contributed by atoms with Crippen molar-refractivity contribution in [3.63, 3.8) is 0 Å². The number of nitro benzene ring substituents is 1. The molecule has 144 valence electrons. The van der Waals surface area contributed by atoms with Crippen molar-refractivity contribution in [1.29, 1.82) is 0 Å². The normalized spacial score (nSPS) is 18.7. The third kappa shape index (κ3) is 4.31. The first-order valence-electron chi connectivity index (χ1n) is 8.99. The molecular weight excluding hydrogens is 339 g/mol. The number of nitro groups is 1. The van der Waals surface area contributed by atoms with Gasteiger partial charge in [0.25, 0.3) is 5.69 Å². The van der Waals surface area contributed by atoms with Crippen LogP contribution in [-0.4, -0.2) is 36.3 Å². The summed E-state index contributed by atoms with van der Waals surface area (Å²) in [6.45, 7) is 5.55. The maximum Gasteiger partial charge on any atom is 0.306 e. The molecule has 0 N–H and O–H groups in total. The minimum atomic E-state index is -1.44. The fourth-order valence-electron chi connectivity index (χ4n) is 3.73. The van der Waals surface area contributed by atoms with E-state index in [1.807, 2.05) is 11.8 Å². The van der Waals surface area contributed by atoms with Gasteiger partial charge in [0.15, 0.2) is 0 Å². The summed E-state index contributed by atoms with van der Waals surface area (Å²) in [4.78, 5) is 24.6. The van der Waals surface area contributed by atoms with Gasteiger partial charge in [0.2, 0.25) is 0 Å². The highest BCUT2D eigenvalue weighted by molar-refractivity contribution is 5.71. The van der Waals surface area contributed by atoms with Crippen LogP contribution in [0.25, 0.3) is 0 Å². The van der Waals surface area contributed by atoms with Gasteiger partial charge in [-0.1, -0.05) is 13.0 Å². The van der Waals surface area contributed by atoms with E-state index in [0.29, 0.717) is 25.1 Å². The van der Waals surface area contributed by atoms with Crippen molar-refractivity contribution in [1.82, 2.24) is 0 Å². The largest absolute Gasteiger partial charge is 0.469 e. The Morgan fingerprint density at radius 3 is 2.73 bits per heavy atom. The summed E-state index contributed by atoms with van der Waals surface area (Å²) in [5, 5.41) is 11.7. The van der Waals surface area contributed by atoms with Gasteiger partial charge in [-0.2, -0.15) is 0 Å². The fraction of sp³-hybridized carbons (Fsp3) is 0.632. The maximum atomic E-state index is 14.5. The van der Waals surface area contributed by atoms with E-state index in [0.717, 1.165) is 12.0 Å². The first-order valence-corrected chi connectivity index (χ1v) is 8.99. The van der Waals surface area contributed by atoms with Gasteiger partial charge in [-0.15, -0.1) is 0 Å². The summed E-state index contributed by atoms with van der Waals surface area (Å²) in [6.07, 6.45) is 2.31. The average Bonchev–Trinajstić information content (AvgIpc) is 3.08. The summed E-state index contributed by atoms with van der Waals surface area (Å²) >= 11 is 0. The number of nitrogens with zero attached hydrogens (tertiary/aromatic N) is 2. The summed E-state index contributed by atoms with van der Waals surface area (Å²) in [5.41, 5.74) is -0.315. The molecule has 0 saturated carbocycles. The highest BCUT2D eigenvalue weighted by Gasteiger charge is 2.40. The van der Waals surface area contributed by atoms with Crippen LogP contribution in [0.1, 0.15) is 57.9 Å². The van der Waals surface area contributed by atoms with Crippen LogP contribution in [0.3, 0.4) is 0 Å². The van der Waals surface area contributed by atoms with Crippen molar-refractivity contribution in [2.45, 2.75) is 64.1 Å². The Bertz CT molecular complexity index is 672. The molecule has 1 aliphatic heterocycles. The molecule has 0 aromatic heterocycles. The van der Waals surface area contributed by atoms with Crippen LogP contribution in [-0.2, 0) is 9.53 Å². The molecule has 0 bridgehead atoms. The monoisotopic (exact) mass is 366 g/mol. The summed E-state index contributed by atoms with van der Waals surface area (Å²) in [7, 11) is 1.33. The van der Waals surface area contributed by atoms with E-state index in [1.165, 1.54) is 27.0 Å². The molecule has 1 aliphatic rings. The van der Waals surface area contributed by atoms with Crippen molar-refractivity contribution in [3.8, 4) is 0 Å². The Balaban J connectivity index is 2.40. The molecule has 0 radical (unpaired) electrons. The second-order valence-corrected chi connectivity index (χ2v) is 7.31. The molecule has 0 spiro atoms. The van der Waals surface area contributed by atoms with Gasteiger partial charge < -0.3 is 9.64 Å². The fourth-order valence-corrected chi connectivity index (χ4v) is 3.73. The molecule has 1 fully saturated rings. The van der Waals surface area contributed by atoms with E-state index >= 15 is 0 Å². The Morgan fingerprint density at radius 1 is 1.50 bits per heavy atom. The quantitative estimate of drug-likeness (QED) is 0.407. The number of hydrogen-bond donors (Lipinski definition) is 0. The van der Waals surface area contributed by atoms with Crippen LogP contribution in [0.4, 0.5) is 15.8 Å². The van der Waals surface area contributed by atoms with Gasteiger partial charge >= 0.3 is 5.97 Å². The third-order valence-electron chi connectivity index (χ3n) is 5.16.